The van der Waals surface area contributed by atoms with Crippen molar-refractivity contribution in [3.8, 4) is 11.5 Å². The number of halogens is 4. The SMILES string of the molecule is C.CN1CCC(N)CC1.COc1ccc(Nc2nc(Cl)nc(NC3CCCCCC3)n2)cc1Cl.COc1ccc(Nc2nc(NC3CCCCCC3)nc(NC3CCN(Cc4ccccc4)CC3)n2)cc1Cl.Clc1nc(Nc2ccccc2)nc(NC2CCCCCC2)n1.NC1CCN(Cc2ccccc2)CC1. The fourth-order valence-electron chi connectivity index (χ4n) is 14.0. The molecule has 0 atom stereocenters. The lowest BCUT2D eigenvalue weighted by Gasteiger charge is -2.32. The van der Waals surface area contributed by atoms with Gasteiger partial charge in [0.05, 0.1) is 24.3 Å². The smallest absolute Gasteiger partial charge is 0.233 e. The quantitative estimate of drug-likeness (QED) is 0.0321. The maximum atomic E-state index is 6.35. The third kappa shape index (κ3) is 30.3. The Bertz CT molecular complexity index is 3830. The van der Waals surface area contributed by atoms with Gasteiger partial charge in [0, 0.05) is 79.5 Å². The number of benzene rings is 5. The van der Waals surface area contributed by atoms with Gasteiger partial charge < -0.3 is 63.1 Å². The van der Waals surface area contributed by atoms with Crippen molar-refractivity contribution >= 4 is 105 Å². The van der Waals surface area contributed by atoms with Crippen LogP contribution in [-0.4, -0.2) is 156 Å². The number of anilines is 10. The molecule has 0 amide bonds. The van der Waals surface area contributed by atoms with E-state index in [1.54, 1.807) is 26.4 Å². The van der Waals surface area contributed by atoms with E-state index in [0.29, 0.717) is 99.4 Å². The number of hydrogen-bond acceptors (Lipinski definition) is 23. The van der Waals surface area contributed by atoms with Crippen LogP contribution in [0.3, 0.4) is 0 Å². The highest BCUT2D eigenvalue weighted by Crippen LogP contribution is 2.32. The molecule has 6 heterocycles. The van der Waals surface area contributed by atoms with Crippen molar-refractivity contribution in [2.24, 2.45) is 11.5 Å². The first kappa shape index (κ1) is 84.3. The lowest BCUT2D eigenvalue weighted by Crippen LogP contribution is -2.39. The van der Waals surface area contributed by atoms with Crippen LogP contribution in [0.1, 0.15) is 173 Å². The highest BCUT2D eigenvalue weighted by Gasteiger charge is 2.24. The number of nitrogens with one attached hydrogen (secondary N) is 7. The molecule has 11 N–H and O–H groups in total. The lowest BCUT2D eigenvalue weighted by atomic mass is 10.0. The summed E-state index contributed by atoms with van der Waals surface area (Å²) >= 11 is 24.6. The summed E-state index contributed by atoms with van der Waals surface area (Å²) in [7, 11) is 5.33. The average molecular weight is 1560 g/mol. The molecule has 8 aromatic rings. The number of rotatable bonds is 20. The number of likely N-dealkylation sites (tertiary alicyclic amines) is 3. The number of hydrogen-bond donors (Lipinski definition) is 9. The second-order valence-corrected chi connectivity index (χ2v) is 30.2. The fraction of sp³-hybridized carbons (Fsp3) is 0.519. The number of piperidine rings is 3. The van der Waals surface area contributed by atoms with Crippen LogP contribution in [-0.2, 0) is 13.1 Å². The summed E-state index contributed by atoms with van der Waals surface area (Å²) < 4.78 is 10.4. The summed E-state index contributed by atoms with van der Waals surface area (Å²) in [6.07, 6.45) is 28.9. The van der Waals surface area contributed by atoms with Crippen molar-refractivity contribution in [1.82, 2.24) is 59.6 Å². The summed E-state index contributed by atoms with van der Waals surface area (Å²) in [4.78, 5) is 47.0. The Morgan fingerprint density at radius 3 is 1.00 bits per heavy atom. The van der Waals surface area contributed by atoms with E-state index in [4.69, 9.17) is 82.3 Å². The molecule has 0 spiro atoms. The van der Waals surface area contributed by atoms with Gasteiger partial charge in [0.15, 0.2) is 0 Å². The highest BCUT2D eigenvalue weighted by atomic mass is 35.5. The molecule has 3 aliphatic carbocycles. The van der Waals surface area contributed by atoms with Gasteiger partial charge in [0.1, 0.15) is 11.5 Å². The summed E-state index contributed by atoms with van der Waals surface area (Å²) in [6, 6.07) is 44.4. The Morgan fingerprint density at radius 2 is 0.648 bits per heavy atom. The minimum Gasteiger partial charge on any atom is -0.495 e. The van der Waals surface area contributed by atoms with Crippen LogP contribution in [0.25, 0.3) is 0 Å². The fourth-order valence-corrected chi connectivity index (χ4v) is 14.8. The zero-order chi connectivity index (χ0) is 74.8. The van der Waals surface area contributed by atoms with E-state index in [1.807, 2.05) is 54.6 Å². The molecule has 14 rings (SSSR count). The van der Waals surface area contributed by atoms with Gasteiger partial charge in [-0.2, -0.15) is 44.9 Å². The first-order valence-corrected chi connectivity index (χ1v) is 40.1. The predicted octanol–water partition coefficient (Wildman–Crippen LogP) is 18.2. The van der Waals surface area contributed by atoms with Gasteiger partial charge in [-0.3, -0.25) is 9.80 Å². The Kier molecular flexibility index (Phi) is 36.0. The molecule has 3 aliphatic heterocycles. The molecule has 23 nitrogen and oxygen atoms in total. The number of aromatic nitrogens is 9. The first-order valence-electron chi connectivity index (χ1n) is 38.6. The Balaban J connectivity index is 0.000000167. The van der Waals surface area contributed by atoms with Crippen molar-refractivity contribution in [3.63, 3.8) is 0 Å². The summed E-state index contributed by atoms with van der Waals surface area (Å²) in [5, 5.41) is 24.9. The highest BCUT2D eigenvalue weighted by molar-refractivity contribution is 6.32. The predicted molar refractivity (Wildman–Crippen MR) is 446 cm³/mol. The maximum absolute atomic E-state index is 6.35. The third-order valence-corrected chi connectivity index (χ3v) is 21.0. The molecule has 5 aromatic carbocycles. The first-order chi connectivity index (χ1) is 52.2. The minimum absolute atomic E-state index is 0. The van der Waals surface area contributed by atoms with E-state index in [2.05, 4.69) is 150 Å². The van der Waals surface area contributed by atoms with Gasteiger partial charge in [0.25, 0.3) is 0 Å². The van der Waals surface area contributed by atoms with Crippen molar-refractivity contribution in [2.45, 2.75) is 211 Å². The van der Waals surface area contributed by atoms with Crippen molar-refractivity contribution < 1.29 is 9.47 Å². The second kappa shape index (κ2) is 46.1. The van der Waals surface area contributed by atoms with E-state index in [1.165, 1.54) is 114 Å². The van der Waals surface area contributed by atoms with Crippen LogP contribution < -0.4 is 58.2 Å². The van der Waals surface area contributed by atoms with Gasteiger partial charge in [-0.1, -0.05) is 187 Å². The zero-order valence-corrected chi connectivity index (χ0v) is 65.6. The largest absolute Gasteiger partial charge is 0.495 e. The van der Waals surface area contributed by atoms with Crippen LogP contribution in [0.2, 0.25) is 20.6 Å². The molecule has 0 unspecified atom stereocenters. The monoisotopic (exact) mass is 1550 g/mol. The van der Waals surface area contributed by atoms with Crippen molar-refractivity contribution in [3.05, 3.63) is 159 Å². The van der Waals surface area contributed by atoms with Gasteiger partial charge in [0.2, 0.25) is 52.2 Å². The summed E-state index contributed by atoms with van der Waals surface area (Å²) in [6.45, 7) is 8.82. The van der Waals surface area contributed by atoms with Gasteiger partial charge in [-0.15, -0.1) is 0 Å². The standard InChI is InChI=1S/C29H38ClN7O.C17H21Cl2N5O.C16H20ClN5.C12H18N2.C6H14N2.CH4/c1-38-26-14-13-24(19-25(26)30)33-29-35-27(31-22-11-7-2-3-8-12-22)34-28(36-29)32-23-15-17-37(18-16-23)20-21-9-5-4-6-10-21;1-25-14-9-8-12(10-13(14)18)21-17-23-15(19)22-16(24-17)20-11-6-4-2-3-5-7-11;17-14-20-15(18-12-8-4-1-2-5-9-12)22-16(21-14)19-13-10-6-3-7-11-13;13-12-6-8-14(9-7-12)10-11-4-2-1-3-5-11;1-8-4-2-6(7)3-5-8;/h4-6,9-10,13-14,19,22-23H,2-3,7-8,11-12,15-18,20H2,1H3,(H3,31,32,33,34,35,36);8-11H,2-7H2,1H3,(H2,20,21,22,23,24);3,6-7,10-12H,1-2,4-5,8-9H2,(H2,18,19,20,21,22);1-5,12H,6-10,13H2;6H,2-5,7H2,1H3;1H4. The topological polar surface area (TPSA) is 280 Å². The van der Waals surface area contributed by atoms with E-state index < -0.39 is 0 Å². The normalized spacial score (nSPS) is 17.5. The molecule has 0 radical (unpaired) electrons. The van der Waals surface area contributed by atoms with Crippen LogP contribution in [0.15, 0.2) is 127 Å². The number of nitrogens with two attached hydrogens (primary N) is 2. The van der Waals surface area contributed by atoms with Crippen LogP contribution in [0.5, 0.6) is 11.5 Å². The molecule has 3 aromatic heterocycles. The van der Waals surface area contributed by atoms with Crippen LogP contribution in [0, 0.1) is 0 Å². The maximum Gasteiger partial charge on any atom is 0.233 e. The second-order valence-electron chi connectivity index (χ2n) is 28.7. The van der Waals surface area contributed by atoms with E-state index in [0.717, 1.165) is 121 Å². The van der Waals surface area contributed by atoms with E-state index >= 15 is 0 Å². The summed E-state index contributed by atoms with van der Waals surface area (Å²) in [5.74, 6) is 4.80. The van der Waals surface area contributed by atoms with Gasteiger partial charge >= 0.3 is 0 Å². The third-order valence-electron chi connectivity index (χ3n) is 20.1. The molecule has 0 bridgehead atoms. The number of methoxy groups -OCH3 is 2. The molecule has 3 saturated heterocycles. The van der Waals surface area contributed by atoms with Crippen LogP contribution >= 0.6 is 46.4 Å². The van der Waals surface area contributed by atoms with E-state index in [9.17, 15) is 0 Å². The Morgan fingerprint density at radius 1 is 0.352 bits per heavy atom. The zero-order valence-electron chi connectivity index (χ0n) is 62.6. The Hall–Kier alpha value is -7.71. The molecule has 6 fully saturated rings. The van der Waals surface area contributed by atoms with Crippen molar-refractivity contribution in [2.75, 3.05) is 97.8 Å². The molecular formula is C81H115Cl4N21O2. The Labute approximate surface area is 660 Å². The van der Waals surface area contributed by atoms with Gasteiger partial charge in [-0.05, 0) is 193 Å². The molecule has 584 valence electrons. The lowest BCUT2D eigenvalue weighted by molar-refractivity contribution is 0.205. The molecule has 108 heavy (non-hydrogen) atoms. The van der Waals surface area contributed by atoms with Crippen molar-refractivity contribution in [1.29, 1.82) is 0 Å². The molecule has 6 aliphatic rings. The molecule has 27 heteroatoms. The average Bonchev–Trinajstić information content (AvgIpc) is 1.02. The van der Waals surface area contributed by atoms with Gasteiger partial charge in [-0.25, -0.2) is 0 Å². The van der Waals surface area contributed by atoms with E-state index in [-0.39, 0.29) is 18.0 Å². The minimum atomic E-state index is 0. The number of para-hydroxylation sites is 1. The number of ether oxygens (including phenoxy) is 2. The molecule has 3 saturated carbocycles. The molecular weight excluding hydrogens is 1440 g/mol. The summed E-state index contributed by atoms with van der Waals surface area (Å²) in [5.41, 5.74) is 16.8. The number of nitrogens with zero attached hydrogens (tertiary/aromatic N) is 12. The van der Waals surface area contributed by atoms with Crippen LogP contribution in [0.4, 0.5) is 58.7 Å².